The molecule has 0 fully saturated rings. The first-order valence-electron chi connectivity index (χ1n) is 7.61. The Labute approximate surface area is 161 Å². The molecule has 0 spiro atoms. The summed E-state index contributed by atoms with van der Waals surface area (Å²) in [5.41, 5.74) is 1.67. The molecule has 1 atom stereocenters. The van der Waals surface area contributed by atoms with Crippen molar-refractivity contribution in [2.75, 3.05) is 5.75 Å². The molecule has 1 unspecified atom stereocenters. The molecule has 3 rings (SSSR count). The summed E-state index contributed by atoms with van der Waals surface area (Å²) in [6.07, 6.45) is 1.71. The number of nitrogens with one attached hydrogen (secondary N) is 1. The highest BCUT2D eigenvalue weighted by molar-refractivity contribution is 9.10. The maximum Gasteiger partial charge on any atom is 0.258 e. The van der Waals surface area contributed by atoms with E-state index in [1.54, 1.807) is 6.20 Å². The first-order valence-corrected chi connectivity index (χ1v) is 10.4. The van der Waals surface area contributed by atoms with E-state index in [-0.39, 0.29) is 17.5 Å². The predicted octanol–water partition coefficient (Wildman–Crippen LogP) is 3.63. The number of hydrogen-bond donors (Lipinski definition) is 1. The summed E-state index contributed by atoms with van der Waals surface area (Å²) in [5, 5.41) is 4.81. The average Bonchev–Trinajstić information content (AvgIpc) is 3.04. The van der Waals surface area contributed by atoms with Crippen LogP contribution in [-0.4, -0.2) is 21.0 Å². The number of benzene rings is 1. The summed E-state index contributed by atoms with van der Waals surface area (Å²) in [7, 11) is 0. The van der Waals surface area contributed by atoms with Crippen molar-refractivity contribution in [2.45, 2.75) is 18.7 Å². The van der Waals surface area contributed by atoms with Crippen LogP contribution in [0.2, 0.25) is 0 Å². The third-order valence-corrected chi connectivity index (χ3v) is 5.84. The maximum absolute atomic E-state index is 12.1. The van der Waals surface area contributed by atoms with E-state index >= 15 is 0 Å². The lowest BCUT2D eigenvalue weighted by atomic mass is 10.1. The van der Waals surface area contributed by atoms with E-state index in [1.165, 1.54) is 33.6 Å². The Morgan fingerprint density at radius 3 is 2.92 bits per heavy atom. The number of rotatable bonds is 6. The van der Waals surface area contributed by atoms with Crippen LogP contribution >= 0.6 is 39.0 Å². The zero-order valence-electron chi connectivity index (χ0n) is 13.4. The Morgan fingerprint density at radius 1 is 1.40 bits per heavy atom. The lowest BCUT2D eigenvalue weighted by molar-refractivity contribution is -0.119. The van der Waals surface area contributed by atoms with Crippen LogP contribution in [0.15, 0.2) is 51.2 Å². The summed E-state index contributed by atoms with van der Waals surface area (Å²) in [4.78, 5) is 29.1. The van der Waals surface area contributed by atoms with Crippen molar-refractivity contribution in [1.29, 1.82) is 0 Å². The van der Waals surface area contributed by atoms with Gasteiger partial charge >= 0.3 is 0 Å². The molecular formula is C17H16BrN3O2S2. The minimum Gasteiger partial charge on any atom is -0.349 e. The van der Waals surface area contributed by atoms with Crippen molar-refractivity contribution >= 4 is 49.9 Å². The van der Waals surface area contributed by atoms with Gasteiger partial charge in [-0.3, -0.25) is 14.0 Å². The van der Waals surface area contributed by atoms with Gasteiger partial charge < -0.3 is 5.32 Å². The number of halogens is 1. The standard InChI is InChI=1S/C17H16BrN3O2S2/c1-11(12-2-4-13(18)5-3-12)19-15(22)10-24-9-14-8-16(23)21-6-7-25-17(21)20-14/h2-8,11H,9-10H2,1H3,(H,19,22). The van der Waals surface area contributed by atoms with Gasteiger partial charge in [0.1, 0.15) is 0 Å². The molecule has 5 nitrogen and oxygen atoms in total. The van der Waals surface area contributed by atoms with Crippen LogP contribution in [0.5, 0.6) is 0 Å². The Hall–Kier alpha value is -1.64. The molecule has 0 aliphatic heterocycles. The molecule has 0 aliphatic rings. The van der Waals surface area contributed by atoms with Gasteiger partial charge in [-0.2, -0.15) is 0 Å². The molecule has 1 amide bonds. The molecule has 0 saturated carbocycles. The molecule has 25 heavy (non-hydrogen) atoms. The number of nitrogens with zero attached hydrogens (tertiary/aromatic N) is 2. The third kappa shape index (κ3) is 4.71. The number of carbonyl (C=O) groups excluding carboxylic acids is 1. The van der Waals surface area contributed by atoms with Crippen molar-refractivity contribution in [3.05, 3.63) is 68.0 Å². The van der Waals surface area contributed by atoms with Crippen molar-refractivity contribution < 1.29 is 4.79 Å². The summed E-state index contributed by atoms with van der Waals surface area (Å²) < 4.78 is 2.53. The molecular weight excluding hydrogens is 422 g/mol. The fraction of sp³-hybridized carbons (Fsp3) is 0.235. The molecule has 1 N–H and O–H groups in total. The fourth-order valence-corrected chi connectivity index (χ4v) is 4.06. The van der Waals surface area contributed by atoms with E-state index in [0.29, 0.717) is 22.2 Å². The van der Waals surface area contributed by atoms with Crippen LogP contribution in [0.3, 0.4) is 0 Å². The fourth-order valence-electron chi connectivity index (χ4n) is 2.33. The van der Waals surface area contributed by atoms with Gasteiger partial charge in [-0.1, -0.05) is 28.1 Å². The van der Waals surface area contributed by atoms with E-state index in [1.807, 2.05) is 36.6 Å². The average molecular weight is 438 g/mol. The van der Waals surface area contributed by atoms with Gasteiger partial charge in [0.05, 0.1) is 17.5 Å². The summed E-state index contributed by atoms with van der Waals surface area (Å²) in [6.45, 7) is 1.96. The highest BCUT2D eigenvalue weighted by atomic mass is 79.9. The van der Waals surface area contributed by atoms with Crippen molar-refractivity contribution in [3.63, 3.8) is 0 Å². The molecule has 0 radical (unpaired) electrons. The van der Waals surface area contributed by atoms with Crippen LogP contribution in [0, 0.1) is 0 Å². The second kappa shape index (κ2) is 8.16. The van der Waals surface area contributed by atoms with Gasteiger partial charge in [-0.05, 0) is 24.6 Å². The number of fused-ring (bicyclic) bond motifs is 1. The first-order chi connectivity index (χ1) is 12.0. The number of carbonyl (C=O) groups is 1. The van der Waals surface area contributed by atoms with E-state index in [4.69, 9.17) is 0 Å². The lowest BCUT2D eigenvalue weighted by Crippen LogP contribution is -2.28. The quantitative estimate of drug-likeness (QED) is 0.639. The van der Waals surface area contributed by atoms with Crippen LogP contribution in [0.25, 0.3) is 4.96 Å². The zero-order valence-corrected chi connectivity index (χ0v) is 16.7. The van der Waals surface area contributed by atoms with Gasteiger partial charge in [-0.15, -0.1) is 23.1 Å². The molecule has 1 aromatic carbocycles. The van der Waals surface area contributed by atoms with Crippen molar-refractivity contribution in [1.82, 2.24) is 14.7 Å². The number of amides is 1. The van der Waals surface area contributed by atoms with Crippen molar-refractivity contribution in [3.8, 4) is 0 Å². The smallest absolute Gasteiger partial charge is 0.258 e. The Balaban J connectivity index is 1.51. The first kappa shape index (κ1) is 18.2. The van der Waals surface area contributed by atoms with Gasteiger partial charge in [0.25, 0.3) is 5.56 Å². The van der Waals surface area contributed by atoms with E-state index in [9.17, 15) is 9.59 Å². The van der Waals surface area contributed by atoms with Gasteiger partial charge in [-0.25, -0.2) is 4.98 Å². The summed E-state index contributed by atoms with van der Waals surface area (Å²) in [5.74, 6) is 0.824. The minimum absolute atomic E-state index is 0.0330. The highest BCUT2D eigenvalue weighted by Crippen LogP contribution is 2.17. The van der Waals surface area contributed by atoms with Crippen LogP contribution in [0.4, 0.5) is 0 Å². The third-order valence-electron chi connectivity index (χ3n) is 3.59. The van der Waals surface area contributed by atoms with Gasteiger partial charge in [0.15, 0.2) is 4.96 Å². The second-order valence-electron chi connectivity index (χ2n) is 5.47. The Kier molecular flexibility index (Phi) is 5.93. The summed E-state index contributed by atoms with van der Waals surface area (Å²) in [6, 6.07) is 9.35. The minimum atomic E-state index is -0.0878. The molecule has 0 saturated heterocycles. The van der Waals surface area contributed by atoms with Gasteiger partial charge in [0, 0.05) is 27.9 Å². The Bertz CT molecular complexity index is 937. The normalized spacial score (nSPS) is 12.2. The second-order valence-corrected chi connectivity index (χ2v) is 8.25. The summed E-state index contributed by atoms with van der Waals surface area (Å²) >= 11 is 6.27. The van der Waals surface area contributed by atoms with E-state index < -0.39 is 0 Å². The van der Waals surface area contributed by atoms with Crippen LogP contribution in [-0.2, 0) is 10.5 Å². The SMILES string of the molecule is CC(NC(=O)CSCc1cc(=O)n2ccsc2n1)c1ccc(Br)cc1. The molecule has 2 heterocycles. The molecule has 0 aliphatic carbocycles. The topological polar surface area (TPSA) is 63.5 Å². The maximum atomic E-state index is 12.1. The highest BCUT2D eigenvalue weighted by Gasteiger charge is 2.10. The van der Waals surface area contributed by atoms with Crippen LogP contribution < -0.4 is 10.9 Å². The molecule has 8 heteroatoms. The van der Waals surface area contributed by atoms with Crippen molar-refractivity contribution in [2.24, 2.45) is 0 Å². The molecule has 3 aromatic rings. The van der Waals surface area contributed by atoms with E-state index in [2.05, 4.69) is 26.2 Å². The number of thiazole rings is 1. The number of aromatic nitrogens is 2. The molecule has 0 bridgehead atoms. The molecule has 130 valence electrons. The number of thioether (sulfide) groups is 1. The zero-order chi connectivity index (χ0) is 17.8. The van der Waals surface area contributed by atoms with E-state index in [0.717, 1.165) is 10.0 Å². The Morgan fingerprint density at radius 2 is 2.16 bits per heavy atom. The largest absolute Gasteiger partial charge is 0.349 e. The molecule has 2 aromatic heterocycles. The monoisotopic (exact) mass is 437 g/mol. The van der Waals surface area contributed by atoms with Crippen LogP contribution in [0.1, 0.15) is 24.2 Å². The predicted molar refractivity (Wildman–Crippen MR) is 106 cm³/mol. The number of hydrogen-bond acceptors (Lipinski definition) is 5. The van der Waals surface area contributed by atoms with Gasteiger partial charge in [0.2, 0.25) is 5.91 Å². The lowest BCUT2D eigenvalue weighted by Gasteiger charge is -2.14.